The molecule has 0 unspecified atom stereocenters. The molecule has 0 bridgehead atoms. The zero-order chi connectivity index (χ0) is 15.5. The maximum Gasteiger partial charge on any atom is 0.202 e. The summed E-state index contributed by atoms with van der Waals surface area (Å²) in [5.41, 5.74) is 2.28. The van der Waals surface area contributed by atoms with Crippen LogP contribution in [0.15, 0.2) is 54.6 Å². The third kappa shape index (κ3) is 2.76. The molecule has 22 heavy (non-hydrogen) atoms. The lowest BCUT2D eigenvalue weighted by Crippen LogP contribution is -2.30. The van der Waals surface area contributed by atoms with E-state index in [1.165, 1.54) is 0 Å². The van der Waals surface area contributed by atoms with Gasteiger partial charge in [0.1, 0.15) is 18.5 Å². The van der Waals surface area contributed by atoms with Crippen molar-refractivity contribution in [3.8, 4) is 5.75 Å². The minimum Gasteiger partial charge on any atom is -0.491 e. The Morgan fingerprint density at radius 3 is 2.41 bits per heavy atom. The van der Waals surface area contributed by atoms with Gasteiger partial charge in [0.25, 0.3) is 0 Å². The van der Waals surface area contributed by atoms with Crippen LogP contribution in [0.5, 0.6) is 5.75 Å². The SMILES string of the molecule is Cn1c(=N)n(C[C@H](O)COc2ccccc2)c2ccccc21. The van der Waals surface area contributed by atoms with Crippen molar-refractivity contribution in [3.63, 3.8) is 0 Å². The Morgan fingerprint density at radius 2 is 1.68 bits per heavy atom. The van der Waals surface area contributed by atoms with E-state index in [0.29, 0.717) is 12.2 Å². The first kappa shape index (κ1) is 14.4. The van der Waals surface area contributed by atoms with Crippen LogP contribution < -0.4 is 10.4 Å². The normalized spacial score (nSPS) is 12.5. The molecule has 0 saturated heterocycles. The summed E-state index contributed by atoms with van der Waals surface area (Å²) < 4.78 is 9.17. The molecule has 2 N–H and O–H groups in total. The highest BCUT2D eigenvalue weighted by molar-refractivity contribution is 5.75. The molecular weight excluding hydrogens is 278 g/mol. The molecule has 1 atom stereocenters. The number of hydrogen-bond donors (Lipinski definition) is 2. The van der Waals surface area contributed by atoms with Crippen molar-refractivity contribution in [3.05, 3.63) is 60.2 Å². The molecule has 2 aromatic carbocycles. The number of aromatic nitrogens is 2. The van der Waals surface area contributed by atoms with Gasteiger partial charge in [0, 0.05) is 7.05 Å². The van der Waals surface area contributed by atoms with Crippen LogP contribution >= 0.6 is 0 Å². The molecule has 0 aliphatic carbocycles. The van der Waals surface area contributed by atoms with E-state index in [9.17, 15) is 5.11 Å². The molecule has 114 valence electrons. The number of rotatable bonds is 5. The van der Waals surface area contributed by atoms with E-state index in [-0.39, 0.29) is 6.61 Å². The first-order valence-electron chi connectivity index (χ1n) is 7.21. The number of aliphatic hydroxyl groups excluding tert-OH is 1. The van der Waals surface area contributed by atoms with Crippen molar-refractivity contribution >= 4 is 11.0 Å². The third-order valence-electron chi connectivity index (χ3n) is 3.69. The summed E-state index contributed by atoms with van der Waals surface area (Å²) in [5.74, 6) is 0.732. The molecule has 0 spiro atoms. The predicted molar refractivity (Wildman–Crippen MR) is 84.7 cm³/mol. The number of nitrogens with one attached hydrogen (secondary N) is 1. The van der Waals surface area contributed by atoms with Crippen molar-refractivity contribution in [2.24, 2.45) is 7.05 Å². The average molecular weight is 297 g/mol. The second-order valence-corrected chi connectivity index (χ2v) is 5.26. The van der Waals surface area contributed by atoms with Gasteiger partial charge >= 0.3 is 0 Å². The molecular formula is C17H19N3O2. The zero-order valence-electron chi connectivity index (χ0n) is 12.4. The smallest absolute Gasteiger partial charge is 0.202 e. The van der Waals surface area contributed by atoms with E-state index < -0.39 is 6.10 Å². The monoisotopic (exact) mass is 297 g/mol. The predicted octanol–water partition coefficient (Wildman–Crippen LogP) is 1.90. The molecule has 0 fully saturated rings. The minimum absolute atomic E-state index is 0.194. The third-order valence-corrected chi connectivity index (χ3v) is 3.69. The Labute approximate surface area is 128 Å². The fraction of sp³-hybridized carbons (Fsp3) is 0.235. The van der Waals surface area contributed by atoms with Gasteiger partial charge in [0.05, 0.1) is 17.6 Å². The Hall–Kier alpha value is -2.53. The first-order chi connectivity index (χ1) is 10.7. The fourth-order valence-electron chi connectivity index (χ4n) is 2.54. The Bertz CT molecular complexity index is 821. The van der Waals surface area contributed by atoms with Crippen molar-refractivity contribution in [2.75, 3.05) is 6.61 Å². The standard InChI is InChI=1S/C17H19N3O2/c1-19-15-9-5-6-10-16(15)20(17(19)18)11-13(21)12-22-14-7-3-2-4-8-14/h2-10,13,18,21H,11-12H2,1H3/t13-/m0/s1. The van der Waals surface area contributed by atoms with Gasteiger partial charge < -0.3 is 19.0 Å². The Balaban J connectivity index is 1.76. The molecule has 0 radical (unpaired) electrons. The van der Waals surface area contributed by atoms with Gasteiger partial charge in [0.2, 0.25) is 5.62 Å². The van der Waals surface area contributed by atoms with Crippen LogP contribution in [0.25, 0.3) is 11.0 Å². The molecule has 0 aliphatic rings. The lowest BCUT2D eigenvalue weighted by atomic mass is 10.3. The second kappa shape index (κ2) is 6.07. The molecule has 3 aromatic rings. The molecule has 0 amide bonds. The van der Waals surface area contributed by atoms with Crippen molar-refractivity contribution in [1.82, 2.24) is 9.13 Å². The summed E-state index contributed by atoms with van der Waals surface area (Å²) in [7, 11) is 1.86. The largest absolute Gasteiger partial charge is 0.491 e. The average Bonchev–Trinajstić information content (AvgIpc) is 2.79. The number of aryl methyl sites for hydroxylation is 1. The lowest BCUT2D eigenvalue weighted by Gasteiger charge is -2.13. The molecule has 5 heteroatoms. The van der Waals surface area contributed by atoms with Crippen molar-refractivity contribution < 1.29 is 9.84 Å². The van der Waals surface area contributed by atoms with E-state index in [2.05, 4.69) is 0 Å². The number of nitrogens with zero attached hydrogens (tertiary/aromatic N) is 2. The molecule has 0 saturated carbocycles. The molecule has 0 aliphatic heterocycles. The van der Waals surface area contributed by atoms with E-state index in [1.54, 1.807) is 9.13 Å². The minimum atomic E-state index is -0.680. The van der Waals surface area contributed by atoms with Gasteiger partial charge in [-0.2, -0.15) is 0 Å². The van der Waals surface area contributed by atoms with Crippen LogP contribution in [0.4, 0.5) is 0 Å². The van der Waals surface area contributed by atoms with E-state index in [1.807, 2.05) is 61.6 Å². The Morgan fingerprint density at radius 1 is 1.05 bits per heavy atom. The van der Waals surface area contributed by atoms with E-state index in [4.69, 9.17) is 10.1 Å². The summed E-state index contributed by atoms with van der Waals surface area (Å²) in [6.45, 7) is 0.521. The van der Waals surface area contributed by atoms with Gasteiger partial charge in [-0.1, -0.05) is 30.3 Å². The Kier molecular flexibility index (Phi) is 3.98. The van der Waals surface area contributed by atoms with Crippen LogP contribution in [-0.4, -0.2) is 27.0 Å². The zero-order valence-corrected chi connectivity index (χ0v) is 12.4. The highest BCUT2D eigenvalue weighted by Gasteiger charge is 2.12. The molecule has 1 heterocycles. The number of imidazole rings is 1. The topological polar surface area (TPSA) is 63.2 Å². The quantitative estimate of drug-likeness (QED) is 0.755. The highest BCUT2D eigenvalue weighted by atomic mass is 16.5. The van der Waals surface area contributed by atoms with Crippen LogP contribution in [-0.2, 0) is 13.6 Å². The van der Waals surface area contributed by atoms with Gasteiger partial charge in [0.15, 0.2) is 0 Å². The number of para-hydroxylation sites is 3. The number of ether oxygens (including phenoxy) is 1. The van der Waals surface area contributed by atoms with Crippen LogP contribution in [0.2, 0.25) is 0 Å². The maximum absolute atomic E-state index is 10.2. The number of benzene rings is 2. The van der Waals surface area contributed by atoms with Gasteiger partial charge in [-0.25, -0.2) is 0 Å². The summed E-state index contributed by atoms with van der Waals surface area (Å²) in [4.78, 5) is 0. The number of aliphatic hydroxyl groups is 1. The van der Waals surface area contributed by atoms with E-state index >= 15 is 0 Å². The van der Waals surface area contributed by atoms with Crippen LogP contribution in [0.3, 0.4) is 0 Å². The number of fused-ring (bicyclic) bond motifs is 1. The van der Waals surface area contributed by atoms with Crippen LogP contribution in [0.1, 0.15) is 0 Å². The molecule has 1 aromatic heterocycles. The summed E-state index contributed by atoms with van der Waals surface area (Å²) >= 11 is 0. The molecule has 3 rings (SSSR count). The number of hydrogen-bond acceptors (Lipinski definition) is 3. The van der Waals surface area contributed by atoms with Crippen molar-refractivity contribution in [1.29, 1.82) is 5.41 Å². The van der Waals surface area contributed by atoms with Crippen molar-refractivity contribution in [2.45, 2.75) is 12.6 Å². The fourth-order valence-corrected chi connectivity index (χ4v) is 2.54. The summed E-state index contributed by atoms with van der Waals surface area (Å²) in [5, 5.41) is 18.4. The molecule has 5 nitrogen and oxygen atoms in total. The summed E-state index contributed by atoms with van der Waals surface area (Å²) in [6.07, 6.45) is -0.680. The summed E-state index contributed by atoms with van der Waals surface area (Å²) in [6, 6.07) is 17.2. The second-order valence-electron chi connectivity index (χ2n) is 5.26. The lowest BCUT2D eigenvalue weighted by molar-refractivity contribution is 0.0921. The first-order valence-corrected chi connectivity index (χ1v) is 7.21. The highest BCUT2D eigenvalue weighted by Crippen LogP contribution is 2.13. The van der Waals surface area contributed by atoms with Crippen LogP contribution in [0, 0.1) is 5.41 Å². The maximum atomic E-state index is 10.2. The van der Waals surface area contributed by atoms with Gasteiger partial charge in [-0.3, -0.25) is 5.41 Å². The van der Waals surface area contributed by atoms with Gasteiger partial charge in [-0.15, -0.1) is 0 Å². The van der Waals surface area contributed by atoms with E-state index in [0.717, 1.165) is 16.8 Å². The van der Waals surface area contributed by atoms with Gasteiger partial charge in [-0.05, 0) is 24.3 Å².